The molecule has 1 heterocycles. The molecule has 5 heteroatoms. The number of nitrogens with zero attached hydrogens (tertiary/aromatic N) is 3. The van der Waals surface area contributed by atoms with Crippen molar-refractivity contribution in [3.8, 4) is 6.07 Å². The van der Waals surface area contributed by atoms with Gasteiger partial charge in [0.2, 0.25) is 5.89 Å². The van der Waals surface area contributed by atoms with Gasteiger partial charge in [-0.3, -0.25) is 0 Å². The molecule has 0 aliphatic carbocycles. The van der Waals surface area contributed by atoms with Crippen LogP contribution < -0.4 is 0 Å². The number of aryl methyl sites for hydroxylation is 1. The van der Waals surface area contributed by atoms with E-state index < -0.39 is 0 Å². The molecule has 0 unspecified atom stereocenters. The minimum absolute atomic E-state index is 0.363. The zero-order valence-electron chi connectivity index (χ0n) is 7.49. The van der Waals surface area contributed by atoms with E-state index in [-0.39, 0.29) is 0 Å². The van der Waals surface area contributed by atoms with Crippen molar-refractivity contribution in [2.75, 3.05) is 7.11 Å². The van der Waals surface area contributed by atoms with E-state index >= 15 is 0 Å². The van der Waals surface area contributed by atoms with Crippen LogP contribution in [0.15, 0.2) is 4.52 Å². The lowest BCUT2D eigenvalue weighted by Gasteiger charge is -1.87. The van der Waals surface area contributed by atoms with Crippen LogP contribution in [0.3, 0.4) is 0 Å². The summed E-state index contributed by atoms with van der Waals surface area (Å²) in [7, 11) is 1.58. The average Bonchev–Trinajstić information content (AvgIpc) is 2.54. The van der Waals surface area contributed by atoms with Crippen molar-refractivity contribution in [1.29, 1.82) is 5.26 Å². The van der Waals surface area contributed by atoms with Crippen LogP contribution in [-0.2, 0) is 17.8 Å². The van der Waals surface area contributed by atoms with Crippen LogP contribution in [0.25, 0.3) is 0 Å². The van der Waals surface area contributed by atoms with Crippen molar-refractivity contribution in [3.63, 3.8) is 0 Å². The number of nitriles is 1. The van der Waals surface area contributed by atoms with Gasteiger partial charge in [0.05, 0.1) is 6.07 Å². The van der Waals surface area contributed by atoms with E-state index in [1.54, 1.807) is 7.11 Å². The Labute approximate surface area is 76.3 Å². The Bertz CT molecular complexity index is 290. The SMILES string of the molecule is COCc1noc(CCCC#N)n1. The summed E-state index contributed by atoms with van der Waals surface area (Å²) in [6.07, 6.45) is 1.93. The van der Waals surface area contributed by atoms with Crippen LogP contribution in [0.5, 0.6) is 0 Å². The maximum Gasteiger partial charge on any atom is 0.226 e. The van der Waals surface area contributed by atoms with Crippen LogP contribution in [0, 0.1) is 11.3 Å². The Hall–Kier alpha value is -1.41. The zero-order chi connectivity index (χ0) is 9.52. The summed E-state index contributed by atoms with van der Waals surface area (Å²) in [5, 5.41) is 12.0. The predicted molar refractivity (Wildman–Crippen MR) is 43.6 cm³/mol. The van der Waals surface area contributed by atoms with Crippen LogP contribution in [0.1, 0.15) is 24.6 Å². The molecule has 13 heavy (non-hydrogen) atoms. The van der Waals surface area contributed by atoms with Crippen molar-refractivity contribution in [2.45, 2.75) is 25.9 Å². The summed E-state index contributed by atoms with van der Waals surface area (Å²) in [6.45, 7) is 0.363. The van der Waals surface area contributed by atoms with Crippen molar-refractivity contribution in [2.24, 2.45) is 0 Å². The Morgan fingerprint density at radius 1 is 1.62 bits per heavy atom. The first-order chi connectivity index (χ1) is 6.36. The summed E-state index contributed by atoms with van der Waals surface area (Å²) >= 11 is 0. The van der Waals surface area contributed by atoms with E-state index in [9.17, 15) is 0 Å². The molecule has 1 aromatic rings. The quantitative estimate of drug-likeness (QED) is 0.635. The largest absolute Gasteiger partial charge is 0.377 e. The maximum absolute atomic E-state index is 8.30. The molecular formula is C8H11N3O2. The molecule has 0 bridgehead atoms. The third kappa shape index (κ3) is 3.22. The molecular weight excluding hydrogens is 170 g/mol. The number of ether oxygens (including phenoxy) is 1. The van der Waals surface area contributed by atoms with Gasteiger partial charge in [-0.15, -0.1) is 0 Å². The second kappa shape index (κ2) is 5.27. The molecule has 0 N–H and O–H groups in total. The van der Waals surface area contributed by atoms with Crippen molar-refractivity contribution >= 4 is 0 Å². The number of rotatable bonds is 5. The molecule has 0 saturated carbocycles. The molecule has 1 aromatic heterocycles. The first kappa shape index (κ1) is 9.68. The fraction of sp³-hybridized carbons (Fsp3) is 0.625. The molecule has 0 radical (unpaired) electrons. The third-order valence-corrected chi connectivity index (χ3v) is 1.46. The van der Waals surface area contributed by atoms with E-state index in [1.807, 2.05) is 0 Å². The summed E-state index contributed by atoms with van der Waals surface area (Å²) in [5.74, 6) is 1.12. The molecule has 0 amide bonds. The third-order valence-electron chi connectivity index (χ3n) is 1.46. The minimum atomic E-state index is 0.363. The van der Waals surface area contributed by atoms with Gasteiger partial charge >= 0.3 is 0 Å². The summed E-state index contributed by atoms with van der Waals surface area (Å²) < 4.78 is 9.74. The number of aromatic nitrogens is 2. The van der Waals surface area contributed by atoms with Crippen LogP contribution in [0.4, 0.5) is 0 Å². The van der Waals surface area contributed by atoms with Gasteiger partial charge in [-0.05, 0) is 6.42 Å². The van der Waals surface area contributed by atoms with Gasteiger partial charge in [0.25, 0.3) is 0 Å². The predicted octanol–water partition coefficient (Wildman–Crippen LogP) is 1.06. The second-order valence-electron chi connectivity index (χ2n) is 2.55. The van der Waals surface area contributed by atoms with E-state index in [1.165, 1.54) is 0 Å². The molecule has 0 atom stereocenters. The lowest BCUT2D eigenvalue weighted by atomic mass is 10.2. The first-order valence-electron chi connectivity index (χ1n) is 4.04. The number of unbranched alkanes of at least 4 members (excludes halogenated alkanes) is 1. The first-order valence-corrected chi connectivity index (χ1v) is 4.04. The summed E-state index contributed by atoms with van der Waals surface area (Å²) in [4.78, 5) is 4.06. The van der Waals surface area contributed by atoms with Crippen molar-refractivity contribution in [3.05, 3.63) is 11.7 Å². The van der Waals surface area contributed by atoms with Gasteiger partial charge in [0, 0.05) is 20.0 Å². The van der Waals surface area contributed by atoms with E-state index in [4.69, 9.17) is 14.5 Å². The number of methoxy groups -OCH3 is 1. The monoisotopic (exact) mass is 181 g/mol. The van der Waals surface area contributed by atoms with Crippen LogP contribution in [-0.4, -0.2) is 17.3 Å². The number of hydrogen-bond acceptors (Lipinski definition) is 5. The van der Waals surface area contributed by atoms with Gasteiger partial charge in [0.15, 0.2) is 5.82 Å². The van der Waals surface area contributed by atoms with Gasteiger partial charge in [-0.2, -0.15) is 10.2 Å². The molecule has 0 spiro atoms. The smallest absolute Gasteiger partial charge is 0.226 e. The molecule has 1 rings (SSSR count). The zero-order valence-corrected chi connectivity index (χ0v) is 7.49. The standard InChI is InChI=1S/C8H11N3O2/c1-12-6-7-10-8(13-11-7)4-2-3-5-9/h2-4,6H2,1H3. The van der Waals surface area contributed by atoms with Gasteiger partial charge in [-0.25, -0.2) is 0 Å². The summed E-state index contributed by atoms with van der Waals surface area (Å²) in [5.41, 5.74) is 0. The minimum Gasteiger partial charge on any atom is -0.377 e. The molecule has 0 aliphatic rings. The van der Waals surface area contributed by atoms with E-state index in [2.05, 4.69) is 16.2 Å². The number of hydrogen-bond donors (Lipinski definition) is 0. The second-order valence-corrected chi connectivity index (χ2v) is 2.55. The molecule has 5 nitrogen and oxygen atoms in total. The van der Waals surface area contributed by atoms with E-state index in [0.29, 0.717) is 31.2 Å². The maximum atomic E-state index is 8.30. The highest BCUT2D eigenvalue weighted by Gasteiger charge is 2.04. The lowest BCUT2D eigenvalue weighted by molar-refractivity contribution is 0.174. The normalized spacial score (nSPS) is 9.85. The fourth-order valence-electron chi connectivity index (χ4n) is 0.898. The fourth-order valence-corrected chi connectivity index (χ4v) is 0.898. The Morgan fingerprint density at radius 2 is 2.46 bits per heavy atom. The van der Waals surface area contributed by atoms with Gasteiger partial charge in [-0.1, -0.05) is 5.16 Å². The van der Waals surface area contributed by atoms with Crippen molar-refractivity contribution in [1.82, 2.24) is 10.1 Å². The topological polar surface area (TPSA) is 71.9 Å². The molecule has 0 aliphatic heterocycles. The molecule has 70 valence electrons. The van der Waals surface area contributed by atoms with Crippen molar-refractivity contribution < 1.29 is 9.26 Å². The van der Waals surface area contributed by atoms with Gasteiger partial charge in [0.1, 0.15) is 6.61 Å². The van der Waals surface area contributed by atoms with E-state index in [0.717, 1.165) is 6.42 Å². The molecule has 0 aromatic carbocycles. The average molecular weight is 181 g/mol. The van der Waals surface area contributed by atoms with Gasteiger partial charge < -0.3 is 9.26 Å². The molecule has 0 saturated heterocycles. The van der Waals surface area contributed by atoms with Crippen LogP contribution in [0.2, 0.25) is 0 Å². The highest BCUT2D eigenvalue weighted by Crippen LogP contribution is 2.02. The van der Waals surface area contributed by atoms with Crippen LogP contribution >= 0.6 is 0 Å². The summed E-state index contributed by atoms with van der Waals surface area (Å²) in [6, 6.07) is 2.06. The lowest BCUT2D eigenvalue weighted by Crippen LogP contribution is -1.90. The Balaban J connectivity index is 2.36. The Morgan fingerprint density at radius 3 is 3.15 bits per heavy atom. The highest BCUT2D eigenvalue weighted by molar-refractivity contribution is 4.85. The Kier molecular flexibility index (Phi) is 3.93. The highest BCUT2D eigenvalue weighted by atomic mass is 16.5. The molecule has 0 fully saturated rings.